The Morgan fingerprint density at radius 3 is 0.955 bits per heavy atom. The smallest absolute Gasteiger partial charge is 0.219 e. The highest BCUT2D eigenvalue weighted by Crippen LogP contribution is 2.44. The summed E-state index contributed by atoms with van der Waals surface area (Å²) in [6.07, 6.45) is 11.1. The van der Waals surface area contributed by atoms with Crippen LogP contribution < -0.4 is 0 Å². The number of hydrogen-bond donors (Lipinski definition) is 0. The fourth-order valence-corrected chi connectivity index (χ4v) is 4.31. The second kappa shape index (κ2) is 9.48. The Balaban J connectivity index is 1.50. The number of piperidine rings is 3. The van der Waals surface area contributed by atoms with Gasteiger partial charge < -0.3 is 0 Å². The lowest BCUT2D eigenvalue weighted by molar-refractivity contribution is -0.177. The van der Waals surface area contributed by atoms with Gasteiger partial charge in [-0.2, -0.15) is 15.2 Å². The average Bonchev–Trinajstić information content (AvgIpc) is 2.57. The normalized spacial score (nSPS) is 26.6. The molecule has 0 aliphatic carbocycles. The molecule has 3 aliphatic rings. The van der Waals surface area contributed by atoms with Crippen molar-refractivity contribution in [1.29, 1.82) is 0 Å². The summed E-state index contributed by atoms with van der Waals surface area (Å²) in [5, 5.41) is 6.13. The summed E-state index contributed by atoms with van der Waals surface area (Å²) in [4.78, 5) is 0. The van der Waals surface area contributed by atoms with Crippen molar-refractivity contribution in [3.05, 3.63) is 0 Å². The Bertz CT molecular complexity index is 259. The van der Waals surface area contributed by atoms with Gasteiger partial charge in [0.1, 0.15) is 0 Å². The standard InChI is InChI=1S/C15H30N3O3P/c1-4-10-16(11-5-1)19-22(20-17-12-6-2-7-13-17)21-18-14-8-3-9-15-18/h1-15H2. The van der Waals surface area contributed by atoms with Crippen molar-refractivity contribution in [2.75, 3.05) is 39.3 Å². The molecule has 0 spiro atoms. The molecule has 3 fully saturated rings. The van der Waals surface area contributed by atoms with Gasteiger partial charge in [-0.25, -0.2) is 13.9 Å². The van der Waals surface area contributed by atoms with Crippen LogP contribution in [0, 0.1) is 0 Å². The van der Waals surface area contributed by atoms with Gasteiger partial charge in [-0.15, -0.1) is 0 Å². The van der Waals surface area contributed by atoms with Gasteiger partial charge in [0.25, 0.3) is 0 Å². The maximum atomic E-state index is 6.07. The van der Waals surface area contributed by atoms with Crippen molar-refractivity contribution in [2.45, 2.75) is 57.8 Å². The van der Waals surface area contributed by atoms with E-state index >= 15 is 0 Å². The van der Waals surface area contributed by atoms with E-state index in [2.05, 4.69) is 0 Å². The van der Waals surface area contributed by atoms with Crippen LogP contribution in [0.5, 0.6) is 0 Å². The van der Waals surface area contributed by atoms with Crippen LogP contribution in [0.2, 0.25) is 0 Å². The molecule has 128 valence electrons. The predicted molar refractivity (Wildman–Crippen MR) is 86.4 cm³/mol. The SMILES string of the molecule is C1CCN(OP(ON2CCCCC2)ON2CCCCC2)CC1. The van der Waals surface area contributed by atoms with Crippen LogP contribution in [0.3, 0.4) is 0 Å². The molecule has 3 heterocycles. The number of hydroxylamine groups is 6. The van der Waals surface area contributed by atoms with Crippen molar-refractivity contribution < 1.29 is 13.9 Å². The Kier molecular flexibility index (Phi) is 7.34. The Labute approximate surface area is 135 Å². The fraction of sp³-hybridized carbons (Fsp3) is 1.00. The third kappa shape index (κ3) is 5.68. The Morgan fingerprint density at radius 1 is 0.409 bits per heavy atom. The number of nitrogens with zero attached hydrogens (tertiary/aromatic N) is 3. The molecule has 0 atom stereocenters. The van der Waals surface area contributed by atoms with Crippen molar-refractivity contribution >= 4 is 8.60 Å². The average molecular weight is 331 g/mol. The van der Waals surface area contributed by atoms with Crippen LogP contribution in [0.25, 0.3) is 0 Å². The first-order chi connectivity index (χ1) is 10.9. The molecule has 0 amide bonds. The molecule has 0 N–H and O–H groups in total. The van der Waals surface area contributed by atoms with Gasteiger partial charge in [-0.3, -0.25) is 0 Å². The molecule has 0 aromatic heterocycles. The lowest BCUT2D eigenvalue weighted by Gasteiger charge is -2.34. The van der Waals surface area contributed by atoms with Crippen molar-refractivity contribution in [1.82, 2.24) is 15.2 Å². The summed E-state index contributed by atoms with van der Waals surface area (Å²) in [6, 6.07) is 0. The van der Waals surface area contributed by atoms with Gasteiger partial charge in [0.2, 0.25) is 0 Å². The first kappa shape index (κ1) is 17.0. The summed E-state index contributed by atoms with van der Waals surface area (Å²) < 4.78 is 18.2. The van der Waals surface area contributed by atoms with Crippen LogP contribution in [-0.4, -0.2) is 54.5 Å². The fourth-order valence-electron chi connectivity index (χ4n) is 3.17. The lowest BCUT2D eigenvalue weighted by Crippen LogP contribution is -2.35. The van der Waals surface area contributed by atoms with Gasteiger partial charge in [0, 0.05) is 39.3 Å². The summed E-state index contributed by atoms with van der Waals surface area (Å²) in [7, 11) is -1.35. The predicted octanol–water partition coefficient (Wildman–Crippen LogP) is 3.47. The maximum absolute atomic E-state index is 6.07. The van der Waals surface area contributed by atoms with E-state index < -0.39 is 8.60 Å². The van der Waals surface area contributed by atoms with Gasteiger partial charge in [-0.1, -0.05) is 19.3 Å². The van der Waals surface area contributed by atoms with Gasteiger partial charge in [-0.05, 0) is 38.5 Å². The third-order valence-corrected chi connectivity index (χ3v) is 5.58. The van der Waals surface area contributed by atoms with Crippen molar-refractivity contribution in [3.8, 4) is 0 Å². The Hall–Kier alpha value is 0.190. The molecule has 0 radical (unpaired) electrons. The molecule has 3 saturated heterocycles. The molecule has 7 heteroatoms. The molecule has 0 bridgehead atoms. The van der Waals surface area contributed by atoms with E-state index in [1.807, 2.05) is 15.2 Å². The van der Waals surface area contributed by atoms with E-state index in [9.17, 15) is 0 Å². The molecule has 22 heavy (non-hydrogen) atoms. The zero-order valence-electron chi connectivity index (χ0n) is 13.6. The number of rotatable bonds is 6. The minimum absolute atomic E-state index is 0.992. The molecule has 6 nitrogen and oxygen atoms in total. The van der Waals surface area contributed by atoms with E-state index in [0.717, 1.165) is 39.3 Å². The second-order valence-electron chi connectivity index (χ2n) is 6.44. The van der Waals surface area contributed by atoms with Crippen LogP contribution in [0.1, 0.15) is 57.8 Å². The second-order valence-corrected chi connectivity index (χ2v) is 7.37. The molecular weight excluding hydrogens is 301 g/mol. The van der Waals surface area contributed by atoms with E-state index in [-0.39, 0.29) is 0 Å². The van der Waals surface area contributed by atoms with E-state index in [0.29, 0.717) is 0 Å². The molecule has 0 unspecified atom stereocenters. The Morgan fingerprint density at radius 2 is 0.682 bits per heavy atom. The zero-order valence-corrected chi connectivity index (χ0v) is 14.5. The lowest BCUT2D eigenvalue weighted by atomic mass is 10.2. The van der Waals surface area contributed by atoms with Crippen LogP contribution in [0.4, 0.5) is 0 Å². The minimum Gasteiger partial charge on any atom is -0.219 e. The van der Waals surface area contributed by atoms with Gasteiger partial charge in [0.15, 0.2) is 0 Å². The van der Waals surface area contributed by atoms with Gasteiger partial charge in [0.05, 0.1) is 0 Å². The highest BCUT2D eigenvalue weighted by Gasteiger charge is 2.27. The summed E-state index contributed by atoms with van der Waals surface area (Å²) in [6.45, 7) is 5.95. The molecule has 0 aromatic carbocycles. The van der Waals surface area contributed by atoms with Crippen molar-refractivity contribution in [3.63, 3.8) is 0 Å². The summed E-state index contributed by atoms with van der Waals surface area (Å²) >= 11 is 0. The molecule has 0 aromatic rings. The quantitative estimate of drug-likeness (QED) is 0.694. The largest absolute Gasteiger partial charge is 0.387 e. The third-order valence-electron chi connectivity index (χ3n) is 4.49. The topological polar surface area (TPSA) is 37.4 Å². The summed E-state index contributed by atoms with van der Waals surface area (Å²) in [5.74, 6) is 0. The zero-order chi connectivity index (χ0) is 15.0. The van der Waals surface area contributed by atoms with Crippen molar-refractivity contribution in [2.24, 2.45) is 0 Å². The maximum Gasteiger partial charge on any atom is 0.387 e. The molecular formula is C15H30N3O3P. The van der Waals surface area contributed by atoms with Gasteiger partial charge >= 0.3 is 8.60 Å². The van der Waals surface area contributed by atoms with E-state index in [1.54, 1.807) is 0 Å². The monoisotopic (exact) mass is 331 g/mol. The molecule has 0 saturated carbocycles. The van der Waals surface area contributed by atoms with E-state index in [4.69, 9.17) is 13.9 Å². The minimum atomic E-state index is -1.35. The first-order valence-corrected chi connectivity index (χ1v) is 10.1. The highest BCUT2D eigenvalue weighted by atomic mass is 31.2. The molecule has 3 rings (SSSR count). The summed E-state index contributed by atoms with van der Waals surface area (Å²) in [5.41, 5.74) is 0. The first-order valence-electron chi connectivity index (χ1n) is 8.99. The van der Waals surface area contributed by atoms with E-state index in [1.165, 1.54) is 57.8 Å². The van der Waals surface area contributed by atoms with Crippen LogP contribution in [-0.2, 0) is 13.9 Å². The molecule has 3 aliphatic heterocycles. The number of hydrogen-bond acceptors (Lipinski definition) is 6. The van der Waals surface area contributed by atoms with Crippen LogP contribution >= 0.6 is 8.60 Å². The van der Waals surface area contributed by atoms with Crippen LogP contribution in [0.15, 0.2) is 0 Å². The highest BCUT2D eigenvalue weighted by molar-refractivity contribution is 7.41.